The van der Waals surface area contributed by atoms with Crippen LogP contribution in [0, 0.1) is 5.82 Å². The van der Waals surface area contributed by atoms with Crippen LogP contribution in [-0.2, 0) is 21.1 Å². The topological polar surface area (TPSA) is 74.7 Å². The Labute approximate surface area is 138 Å². The molecule has 1 N–H and O–H groups in total. The van der Waals surface area contributed by atoms with Gasteiger partial charge < -0.3 is 10.0 Å². The van der Waals surface area contributed by atoms with Gasteiger partial charge in [0.05, 0.1) is 10.6 Å². The van der Waals surface area contributed by atoms with Gasteiger partial charge in [0.2, 0.25) is 9.84 Å². The van der Waals surface area contributed by atoms with Crippen LogP contribution in [-0.4, -0.2) is 19.5 Å². The first-order chi connectivity index (χ1) is 11.3. The molecule has 0 atom stereocenters. The van der Waals surface area contributed by atoms with Gasteiger partial charge in [0.25, 0.3) is 0 Å². The highest BCUT2D eigenvalue weighted by molar-refractivity contribution is 7.96. The minimum absolute atomic E-state index is 0.214. The molecule has 1 heterocycles. The van der Waals surface area contributed by atoms with E-state index in [1.807, 2.05) is 19.1 Å². The van der Waals surface area contributed by atoms with E-state index in [0.29, 0.717) is 5.69 Å². The molecular weight excluding hydrogens is 333 g/mol. The van der Waals surface area contributed by atoms with Gasteiger partial charge in [0.15, 0.2) is 4.91 Å². The van der Waals surface area contributed by atoms with E-state index in [0.717, 1.165) is 30.3 Å². The number of carbonyl (C=O) groups is 1. The average molecular weight is 347 g/mol. The van der Waals surface area contributed by atoms with Crippen LogP contribution in [0.1, 0.15) is 12.5 Å². The summed E-state index contributed by atoms with van der Waals surface area (Å²) in [6.45, 7) is 2.00. The smallest absolute Gasteiger partial charge is 0.349 e. The molecule has 1 aliphatic heterocycles. The number of halogens is 1. The summed E-state index contributed by atoms with van der Waals surface area (Å²) >= 11 is 0. The number of rotatable bonds is 3. The number of nitrogens with zero attached hydrogens (tertiary/aromatic N) is 1. The second-order valence-electron chi connectivity index (χ2n) is 5.30. The molecule has 0 unspecified atom stereocenters. The van der Waals surface area contributed by atoms with Crippen LogP contribution in [0.25, 0.3) is 0 Å². The molecule has 124 valence electrons. The maximum Gasteiger partial charge on any atom is 0.349 e. The number of carboxylic acid groups (broad SMARTS) is 1. The van der Waals surface area contributed by atoms with Gasteiger partial charge in [-0.05, 0) is 42.3 Å². The van der Waals surface area contributed by atoms with Gasteiger partial charge in [0.1, 0.15) is 5.82 Å². The molecule has 0 aliphatic carbocycles. The highest BCUT2D eigenvalue weighted by atomic mass is 32.2. The van der Waals surface area contributed by atoms with Gasteiger partial charge in [-0.15, -0.1) is 0 Å². The molecular formula is C17H14FNO4S. The summed E-state index contributed by atoms with van der Waals surface area (Å²) in [7, 11) is -4.28. The van der Waals surface area contributed by atoms with Crippen LogP contribution < -0.4 is 4.90 Å². The quantitative estimate of drug-likeness (QED) is 0.922. The van der Waals surface area contributed by atoms with E-state index in [4.69, 9.17) is 0 Å². The normalized spacial score (nSPS) is 15.6. The summed E-state index contributed by atoms with van der Waals surface area (Å²) in [4.78, 5) is 11.7. The molecule has 3 rings (SSSR count). The lowest BCUT2D eigenvalue weighted by atomic mass is 10.1. The maximum atomic E-state index is 13.5. The Hall–Kier alpha value is -2.67. The van der Waals surface area contributed by atoms with Gasteiger partial charge in [-0.25, -0.2) is 17.6 Å². The van der Waals surface area contributed by atoms with Gasteiger partial charge in [-0.1, -0.05) is 19.1 Å². The summed E-state index contributed by atoms with van der Waals surface area (Å²) in [5.41, 5.74) is 1.89. The van der Waals surface area contributed by atoms with Crippen molar-refractivity contribution in [2.75, 3.05) is 4.90 Å². The Morgan fingerprint density at radius 3 is 2.42 bits per heavy atom. The fourth-order valence-electron chi connectivity index (χ4n) is 2.55. The molecule has 2 aromatic rings. The van der Waals surface area contributed by atoms with E-state index in [9.17, 15) is 22.7 Å². The molecule has 24 heavy (non-hydrogen) atoms. The molecule has 0 aromatic heterocycles. The minimum Gasteiger partial charge on any atom is -0.477 e. The zero-order valence-electron chi connectivity index (χ0n) is 12.7. The Kier molecular flexibility index (Phi) is 3.88. The third-order valence-corrected chi connectivity index (χ3v) is 5.61. The van der Waals surface area contributed by atoms with E-state index < -0.39 is 26.5 Å². The van der Waals surface area contributed by atoms with Crippen LogP contribution in [0.15, 0.2) is 58.5 Å². The fraction of sp³-hybridized carbons (Fsp3) is 0.118. The first-order valence-electron chi connectivity index (χ1n) is 7.22. The molecule has 0 bridgehead atoms. The van der Waals surface area contributed by atoms with Crippen molar-refractivity contribution in [3.8, 4) is 0 Å². The van der Waals surface area contributed by atoms with Gasteiger partial charge >= 0.3 is 5.97 Å². The summed E-state index contributed by atoms with van der Waals surface area (Å²) in [6.07, 6.45) is 1.89. The van der Waals surface area contributed by atoms with Crippen molar-refractivity contribution in [1.29, 1.82) is 0 Å². The predicted octanol–water partition coefficient (Wildman–Crippen LogP) is 3.24. The van der Waals surface area contributed by atoms with Gasteiger partial charge in [-0.3, -0.25) is 0 Å². The molecule has 0 spiro atoms. The molecule has 0 radical (unpaired) electrons. The molecule has 0 saturated heterocycles. The third kappa shape index (κ3) is 2.56. The van der Waals surface area contributed by atoms with Crippen LogP contribution in [0.2, 0.25) is 0 Å². The number of aliphatic carboxylic acids is 1. The zero-order chi connectivity index (χ0) is 17.5. The fourth-order valence-corrected chi connectivity index (χ4v) is 3.97. The van der Waals surface area contributed by atoms with Crippen molar-refractivity contribution < 1.29 is 22.7 Å². The highest BCUT2D eigenvalue weighted by Gasteiger charge is 2.36. The van der Waals surface area contributed by atoms with E-state index in [-0.39, 0.29) is 10.6 Å². The summed E-state index contributed by atoms with van der Waals surface area (Å²) in [6, 6.07) is 10.6. The van der Waals surface area contributed by atoms with Crippen LogP contribution in [0.3, 0.4) is 0 Å². The molecule has 0 amide bonds. The Balaban J connectivity index is 2.25. The van der Waals surface area contributed by atoms with E-state index in [1.165, 1.54) is 11.0 Å². The summed E-state index contributed by atoms with van der Waals surface area (Å²) < 4.78 is 38.4. The molecule has 0 fully saturated rings. The van der Waals surface area contributed by atoms with Crippen molar-refractivity contribution >= 4 is 27.2 Å². The van der Waals surface area contributed by atoms with Crippen molar-refractivity contribution in [1.82, 2.24) is 0 Å². The van der Waals surface area contributed by atoms with Gasteiger partial charge in [0, 0.05) is 11.9 Å². The number of hydrogen-bond acceptors (Lipinski definition) is 4. The number of carboxylic acids is 1. The van der Waals surface area contributed by atoms with Crippen LogP contribution in [0.5, 0.6) is 0 Å². The first kappa shape index (κ1) is 16.2. The molecule has 5 nitrogen and oxygen atoms in total. The first-order valence-corrected chi connectivity index (χ1v) is 8.71. The number of anilines is 2. The van der Waals surface area contributed by atoms with E-state index in [2.05, 4.69) is 0 Å². The number of hydrogen-bond donors (Lipinski definition) is 1. The van der Waals surface area contributed by atoms with Crippen molar-refractivity contribution in [3.63, 3.8) is 0 Å². The largest absolute Gasteiger partial charge is 0.477 e. The number of benzene rings is 2. The predicted molar refractivity (Wildman–Crippen MR) is 87.3 cm³/mol. The second-order valence-corrected chi connectivity index (χ2v) is 7.19. The zero-order valence-corrected chi connectivity index (χ0v) is 13.5. The highest BCUT2D eigenvalue weighted by Crippen LogP contribution is 2.39. The van der Waals surface area contributed by atoms with E-state index >= 15 is 0 Å². The number of aryl methyl sites for hydroxylation is 1. The lowest BCUT2D eigenvalue weighted by molar-refractivity contribution is -0.131. The van der Waals surface area contributed by atoms with Crippen molar-refractivity contribution in [2.45, 2.75) is 18.2 Å². The average Bonchev–Trinajstić information content (AvgIpc) is 2.55. The minimum atomic E-state index is -4.28. The van der Waals surface area contributed by atoms with Crippen molar-refractivity contribution in [3.05, 3.63) is 65.0 Å². The number of fused-ring (bicyclic) bond motifs is 1. The van der Waals surface area contributed by atoms with Crippen LogP contribution >= 0.6 is 0 Å². The lowest BCUT2D eigenvalue weighted by Gasteiger charge is -2.28. The van der Waals surface area contributed by atoms with Crippen molar-refractivity contribution in [2.24, 2.45) is 0 Å². The second kappa shape index (κ2) is 5.76. The summed E-state index contributed by atoms with van der Waals surface area (Å²) in [5, 5.41) is 9.25. The third-order valence-electron chi connectivity index (χ3n) is 3.84. The van der Waals surface area contributed by atoms with Crippen LogP contribution in [0.4, 0.5) is 15.8 Å². The molecule has 0 saturated carbocycles. The lowest BCUT2D eigenvalue weighted by Crippen LogP contribution is -2.25. The summed E-state index contributed by atoms with van der Waals surface area (Å²) in [5.74, 6) is -2.33. The Bertz CT molecular complexity index is 949. The Morgan fingerprint density at radius 1 is 1.17 bits per heavy atom. The molecule has 7 heteroatoms. The SMILES string of the molecule is CCc1ccc(N2C=C(C(=O)O)S(=O)(=O)c3cc(F)ccc32)cc1. The maximum absolute atomic E-state index is 13.5. The molecule has 2 aromatic carbocycles. The molecule has 1 aliphatic rings. The Morgan fingerprint density at radius 2 is 1.83 bits per heavy atom. The van der Waals surface area contributed by atoms with E-state index in [1.54, 1.807) is 12.1 Å². The number of sulfone groups is 1. The monoisotopic (exact) mass is 347 g/mol. The standard InChI is InChI=1S/C17H14FNO4S/c1-2-11-3-6-13(7-4-11)19-10-16(17(20)21)24(22,23)15-9-12(18)5-8-14(15)19/h3-10H,2H2,1H3,(H,20,21). The van der Waals surface area contributed by atoms with Gasteiger partial charge in [-0.2, -0.15) is 0 Å².